The third-order valence-electron chi connectivity index (χ3n) is 12.3. The number of hydrogen-bond donors (Lipinski definition) is 1. The first-order valence-corrected chi connectivity index (χ1v) is 15.8. The average Bonchev–Trinajstić information content (AvgIpc) is 3.45. The summed E-state index contributed by atoms with van der Waals surface area (Å²) in [5, 5.41) is 12.7. The van der Waals surface area contributed by atoms with Gasteiger partial charge in [0, 0.05) is 18.3 Å². The Hall–Kier alpha value is -1.32. The van der Waals surface area contributed by atoms with Gasteiger partial charge in [-0.15, -0.1) is 0 Å². The monoisotopic (exact) mass is 574 g/mol. The third-order valence-corrected chi connectivity index (χ3v) is 12.3. The highest BCUT2D eigenvalue weighted by molar-refractivity contribution is 5.95. The maximum atomic E-state index is 13.8. The fourth-order valence-corrected chi connectivity index (χ4v) is 10.5. The number of fused-ring (bicyclic) bond motifs is 6. The molecular formula is C33H50O8. The molecule has 5 fully saturated rings. The lowest BCUT2D eigenvalue weighted by Crippen LogP contribution is -2.62. The molecule has 2 heterocycles. The SMILES string of the molecule is CC(=O)OC(C)(C)CC[C@H]1O[C@@H](C)O[C@]1(C)[C@H]1CC[C@@]2(O)C3=CC(=O)[C@@H]4C[C@H]5O[C@@H](C)O[C@H]5C[C@]4(C)[C@H]3CC[C@]12C. The molecule has 3 saturated carbocycles. The van der Waals surface area contributed by atoms with E-state index < -0.39 is 22.2 Å². The van der Waals surface area contributed by atoms with Crippen molar-refractivity contribution in [3.63, 3.8) is 0 Å². The van der Waals surface area contributed by atoms with Crippen LogP contribution >= 0.6 is 0 Å². The molecule has 0 radical (unpaired) electrons. The molecule has 0 aromatic heterocycles. The summed E-state index contributed by atoms with van der Waals surface area (Å²) < 4.78 is 30.7. The van der Waals surface area contributed by atoms with Crippen LogP contribution < -0.4 is 0 Å². The number of allylic oxidation sites excluding steroid dienone is 1. The minimum absolute atomic E-state index is 0.000827. The van der Waals surface area contributed by atoms with Crippen LogP contribution in [-0.4, -0.2) is 64.6 Å². The Labute approximate surface area is 244 Å². The molecular weight excluding hydrogens is 524 g/mol. The number of aliphatic hydroxyl groups is 1. The minimum Gasteiger partial charge on any atom is -0.460 e. The van der Waals surface area contributed by atoms with Gasteiger partial charge in [-0.05, 0) is 115 Å². The number of ether oxygens (including phenoxy) is 5. The quantitative estimate of drug-likeness (QED) is 0.445. The first kappa shape index (κ1) is 29.7. The molecule has 0 spiro atoms. The molecule has 6 rings (SSSR count). The van der Waals surface area contributed by atoms with Crippen LogP contribution in [0.2, 0.25) is 0 Å². The molecule has 0 aromatic rings. The fraction of sp³-hybridized carbons (Fsp3) is 0.879. The Morgan fingerprint density at radius 1 is 1.05 bits per heavy atom. The maximum Gasteiger partial charge on any atom is 0.303 e. The molecule has 0 bridgehead atoms. The van der Waals surface area contributed by atoms with E-state index in [0.717, 1.165) is 31.3 Å². The summed E-state index contributed by atoms with van der Waals surface area (Å²) in [5.41, 5.74) is -2.10. The van der Waals surface area contributed by atoms with Crippen molar-refractivity contribution in [1.82, 2.24) is 0 Å². The fourth-order valence-electron chi connectivity index (χ4n) is 10.5. The highest BCUT2D eigenvalue weighted by Crippen LogP contribution is 2.70. The van der Waals surface area contributed by atoms with Gasteiger partial charge < -0.3 is 28.8 Å². The van der Waals surface area contributed by atoms with Gasteiger partial charge in [-0.2, -0.15) is 0 Å². The zero-order chi connectivity index (χ0) is 29.8. The third kappa shape index (κ3) is 4.41. The standard InChI is InChI=1S/C33H50O8/c1-18(34)40-29(4,5)12-11-28-32(8,41-20(3)39-28)27-10-14-33(36)22-15-24(35)23-16-25-26(38-19(2)37-25)17-30(23,6)21(22)9-13-31(27,33)7/h15,19-21,23,25-28,36H,9-14,16-17H2,1-8H3/t19-,20-,21+,23+,25-,26+,27+,28-,30-,31-,32-,33-/m1/s1. The molecule has 6 aliphatic rings. The van der Waals surface area contributed by atoms with E-state index in [0.29, 0.717) is 25.7 Å². The Morgan fingerprint density at radius 2 is 1.76 bits per heavy atom. The van der Waals surface area contributed by atoms with Crippen LogP contribution in [0.15, 0.2) is 11.6 Å². The molecule has 2 saturated heterocycles. The van der Waals surface area contributed by atoms with Gasteiger partial charge in [0.2, 0.25) is 0 Å². The summed E-state index contributed by atoms with van der Waals surface area (Å²) in [4.78, 5) is 25.4. The van der Waals surface area contributed by atoms with Crippen molar-refractivity contribution < 1.29 is 38.4 Å². The van der Waals surface area contributed by atoms with Gasteiger partial charge in [0.05, 0.1) is 29.5 Å². The van der Waals surface area contributed by atoms with Gasteiger partial charge in [-0.1, -0.05) is 13.8 Å². The van der Waals surface area contributed by atoms with E-state index in [-0.39, 0.29) is 65.8 Å². The number of ketones is 1. The Kier molecular flexibility index (Phi) is 6.95. The molecule has 8 nitrogen and oxygen atoms in total. The molecule has 2 aliphatic heterocycles. The van der Waals surface area contributed by atoms with Crippen LogP contribution in [0.4, 0.5) is 0 Å². The second kappa shape index (κ2) is 9.59. The number of carbonyl (C=O) groups is 2. The molecule has 4 aliphatic carbocycles. The normalized spacial score (nSPS) is 51.0. The van der Waals surface area contributed by atoms with E-state index in [2.05, 4.69) is 20.8 Å². The largest absolute Gasteiger partial charge is 0.460 e. The Morgan fingerprint density at radius 3 is 2.46 bits per heavy atom. The predicted molar refractivity (Wildman–Crippen MR) is 151 cm³/mol. The first-order valence-electron chi connectivity index (χ1n) is 15.8. The van der Waals surface area contributed by atoms with E-state index in [1.54, 1.807) is 0 Å². The average molecular weight is 575 g/mol. The van der Waals surface area contributed by atoms with E-state index in [1.165, 1.54) is 6.92 Å². The lowest BCUT2D eigenvalue weighted by molar-refractivity contribution is -0.161. The number of hydrogen-bond acceptors (Lipinski definition) is 8. The van der Waals surface area contributed by atoms with Gasteiger partial charge in [-0.3, -0.25) is 9.59 Å². The van der Waals surface area contributed by atoms with Gasteiger partial charge in [-0.25, -0.2) is 0 Å². The summed E-state index contributed by atoms with van der Waals surface area (Å²) in [6.07, 6.45) is 6.96. The first-order chi connectivity index (χ1) is 19.0. The predicted octanol–water partition coefficient (Wildman–Crippen LogP) is 5.24. The van der Waals surface area contributed by atoms with E-state index in [1.807, 2.05) is 33.8 Å². The highest BCUT2D eigenvalue weighted by atomic mass is 16.7. The van der Waals surface area contributed by atoms with Gasteiger partial charge in [0.1, 0.15) is 5.60 Å². The molecule has 0 aromatic carbocycles. The second-order valence-corrected chi connectivity index (χ2v) is 15.3. The lowest BCUT2D eigenvalue weighted by Gasteiger charge is -2.60. The summed E-state index contributed by atoms with van der Waals surface area (Å²) in [6, 6.07) is 0. The lowest BCUT2D eigenvalue weighted by atomic mass is 9.45. The van der Waals surface area contributed by atoms with Crippen molar-refractivity contribution in [1.29, 1.82) is 0 Å². The summed E-state index contributed by atoms with van der Waals surface area (Å²) in [7, 11) is 0. The van der Waals surface area contributed by atoms with Crippen LogP contribution in [0.1, 0.15) is 107 Å². The zero-order valence-electron chi connectivity index (χ0n) is 26.2. The van der Waals surface area contributed by atoms with Crippen LogP contribution in [0, 0.1) is 28.6 Å². The van der Waals surface area contributed by atoms with Crippen LogP contribution in [0.25, 0.3) is 0 Å². The second-order valence-electron chi connectivity index (χ2n) is 15.3. The van der Waals surface area contributed by atoms with Crippen molar-refractivity contribution in [2.45, 2.75) is 154 Å². The van der Waals surface area contributed by atoms with Crippen molar-refractivity contribution in [2.24, 2.45) is 28.6 Å². The van der Waals surface area contributed by atoms with Gasteiger partial charge in [0.15, 0.2) is 18.4 Å². The Balaban J connectivity index is 1.28. The summed E-state index contributed by atoms with van der Waals surface area (Å²) in [5.74, 6) is -0.0902. The van der Waals surface area contributed by atoms with E-state index >= 15 is 0 Å². The molecule has 230 valence electrons. The number of carbonyl (C=O) groups excluding carboxylic acids is 2. The topological polar surface area (TPSA) is 101 Å². The molecule has 0 amide bonds. The molecule has 41 heavy (non-hydrogen) atoms. The maximum absolute atomic E-state index is 13.8. The Bertz CT molecular complexity index is 1130. The summed E-state index contributed by atoms with van der Waals surface area (Å²) in [6.45, 7) is 15.8. The number of rotatable bonds is 5. The smallest absolute Gasteiger partial charge is 0.303 e. The van der Waals surface area contributed by atoms with Crippen LogP contribution in [0.3, 0.4) is 0 Å². The molecule has 8 heteroatoms. The number of esters is 1. The van der Waals surface area contributed by atoms with Gasteiger partial charge >= 0.3 is 5.97 Å². The molecule has 12 atom stereocenters. The molecule has 1 N–H and O–H groups in total. The zero-order valence-corrected chi connectivity index (χ0v) is 26.2. The highest BCUT2D eigenvalue weighted by Gasteiger charge is 2.71. The van der Waals surface area contributed by atoms with Crippen molar-refractivity contribution in [3.05, 3.63) is 11.6 Å². The van der Waals surface area contributed by atoms with Crippen LogP contribution in [-0.2, 0) is 33.3 Å². The van der Waals surface area contributed by atoms with Crippen molar-refractivity contribution in [3.8, 4) is 0 Å². The van der Waals surface area contributed by atoms with E-state index in [4.69, 9.17) is 23.7 Å². The van der Waals surface area contributed by atoms with Gasteiger partial charge in [0.25, 0.3) is 0 Å². The van der Waals surface area contributed by atoms with Crippen molar-refractivity contribution >= 4 is 11.8 Å². The van der Waals surface area contributed by atoms with Crippen LogP contribution in [0.5, 0.6) is 0 Å². The molecule has 0 unspecified atom stereocenters. The van der Waals surface area contributed by atoms with E-state index in [9.17, 15) is 14.7 Å². The van der Waals surface area contributed by atoms with Crippen molar-refractivity contribution in [2.75, 3.05) is 0 Å². The summed E-state index contributed by atoms with van der Waals surface area (Å²) >= 11 is 0. The minimum atomic E-state index is -1.08.